The second kappa shape index (κ2) is 7.81. The van der Waals surface area contributed by atoms with E-state index in [1.54, 1.807) is 17.7 Å². The highest BCUT2D eigenvalue weighted by molar-refractivity contribution is 7.21. The van der Waals surface area contributed by atoms with E-state index in [0.717, 1.165) is 27.3 Å². The maximum Gasteiger partial charge on any atom is 0.138 e. The molecule has 5 rings (SSSR count). The van der Waals surface area contributed by atoms with Crippen LogP contribution in [0.15, 0.2) is 97.5 Å². The largest absolute Gasteiger partial charge is 0.357 e. The Labute approximate surface area is 172 Å². The molecule has 0 saturated carbocycles. The van der Waals surface area contributed by atoms with Crippen LogP contribution in [-0.4, -0.2) is 15.0 Å². The molecule has 0 fully saturated rings. The van der Waals surface area contributed by atoms with Crippen molar-refractivity contribution in [3.8, 4) is 10.4 Å². The van der Waals surface area contributed by atoms with Gasteiger partial charge in [-0.1, -0.05) is 66.7 Å². The summed E-state index contributed by atoms with van der Waals surface area (Å²) in [5.41, 5.74) is 3.27. The fourth-order valence-corrected chi connectivity index (χ4v) is 4.38. The van der Waals surface area contributed by atoms with Crippen LogP contribution in [0.5, 0.6) is 0 Å². The van der Waals surface area contributed by atoms with E-state index >= 15 is 0 Å². The van der Waals surface area contributed by atoms with E-state index in [4.69, 9.17) is 0 Å². The van der Waals surface area contributed by atoms with Gasteiger partial charge in [-0.3, -0.25) is 4.98 Å². The van der Waals surface area contributed by atoms with Crippen molar-refractivity contribution in [3.05, 3.63) is 109 Å². The second-order valence-corrected chi connectivity index (χ2v) is 7.69. The number of anilines is 1. The molecule has 0 unspecified atom stereocenters. The van der Waals surface area contributed by atoms with E-state index in [1.807, 2.05) is 48.7 Å². The van der Waals surface area contributed by atoms with Crippen molar-refractivity contribution in [2.75, 3.05) is 5.32 Å². The first-order valence-electron chi connectivity index (χ1n) is 9.41. The van der Waals surface area contributed by atoms with Gasteiger partial charge in [0.2, 0.25) is 0 Å². The zero-order chi connectivity index (χ0) is 19.5. The lowest BCUT2D eigenvalue weighted by Crippen LogP contribution is -2.14. The predicted octanol–water partition coefficient (Wildman–Crippen LogP) is 5.95. The molecule has 29 heavy (non-hydrogen) atoms. The highest BCUT2D eigenvalue weighted by Crippen LogP contribution is 2.36. The Bertz CT molecular complexity index is 1180. The third-order valence-corrected chi connectivity index (χ3v) is 5.88. The van der Waals surface area contributed by atoms with Crippen molar-refractivity contribution in [1.82, 2.24) is 15.0 Å². The predicted molar refractivity (Wildman–Crippen MR) is 119 cm³/mol. The summed E-state index contributed by atoms with van der Waals surface area (Å²) in [5, 5.41) is 4.63. The van der Waals surface area contributed by atoms with Crippen molar-refractivity contribution < 1.29 is 0 Å². The van der Waals surface area contributed by atoms with Crippen LogP contribution < -0.4 is 5.32 Å². The monoisotopic (exact) mass is 394 g/mol. The molecule has 1 N–H and O–H groups in total. The van der Waals surface area contributed by atoms with Crippen LogP contribution >= 0.6 is 11.3 Å². The van der Waals surface area contributed by atoms with E-state index in [-0.39, 0.29) is 6.04 Å². The molecule has 3 aromatic heterocycles. The van der Waals surface area contributed by atoms with Gasteiger partial charge in [-0.05, 0) is 29.3 Å². The van der Waals surface area contributed by atoms with Gasteiger partial charge in [0.15, 0.2) is 0 Å². The summed E-state index contributed by atoms with van der Waals surface area (Å²) in [6, 6.07) is 28.7. The lowest BCUT2D eigenvalue weighted by Gasteiger charge is -2.19. The van der Waals surface area contributed by atoms with Gasteiger partial charge in [0.1, 0.15) is 17.0 Å². The Balaban J connectivity index is 1.58. The first kappa shape index (κ1) is 17.5. The Morgan fingerprint density at radius 2 is 1.52 bits per heavy atom. The van der Waals surface area contributed by atoms with Crippen LogP contribution in [0.25, 0.3) is 20.7 Å². The summed E-state index contributed by atoms with van der Waals surface area (Å²) >= 11 is 1.68. The fraction of sp³-hybridized carbons (Fsp3) is 0.0417. The summed E-state index contributed by atoms with van der Waals surface area (Å²) in [4.78, 5) is 15.8. The molecule has 5 heteroatoms. The van der Waals surface area contributed by atoms with Gasteiger partial charge in [-0.25, -0.2) is 9.97 Å². The summed E-state index contributed by atoms with van der Waals surface area (Å²) in [6.45, 7) is 0. The maximum absolute atomic E-state index is 4.58. The number of hydrogen-bond donors (Lipinski definition) is 1. The molecule has 1 atom stereocenters. The normalized spacial score (nSPS) is 12.0. The zero-order valence-electron chi connectivity index (χ0n) is 15.6. The molecule has 0 saturated heterocycles. The number of nitrogens with one attached hydrogen (secondary N) is 1. The number of fused-ring (bicyclic) bond motifs is 1. The van der Waals surface area contributed by atoms with Gasteiger partial charge in [-0.2, -0.15) is 0 Å². The van der Waals surface area contributed by atoms with Gasteiger partial charge in [0.25, 0.3) is 0 Å². The van der Waals surface area contributed by atoms with Crippen molar-refractivity contribution in [3.63, 3.8) is 0 Å². The second-order valence-electron chi connectivity index (χ2n) is 6.66. The average Bonchev–Trinajstić information content (AvgIpc) is 3.24. The standard InChI is InChI=1S/C24H18N4S/c1-3-9-17(10-4-1)21-15-19-23(26-16-27-24(19)29-21)28-22(18-11-5-2-6-12-18)20-13-7-8-14-25-20/h1-16,22H,(H,26,27,28)/t22-/m0/s1. The minimum Gasteiger partial charge on any atom is -0.357 e. The number of nitrogens with zero attached hydrogens (tertiary/aromatic N) is 3. The minimum atomic E-state index is -0.101. The Morgan fingerprint density at radius 3 is 2.28 bits per heavy atom. The maximum atomic E-state index is 4.58. The average molecular weight is 395 g/mol. The van der Waals surface area contributed by atoms with Crippen molar-refractivity contribution in [2.45, 2.75) is 6.04 Å². The van der Waals surface area contributed by atoms with Crippen LogP contribution in [0.4, 0.5) is 5.82 Å². The zero-order valence-corrected chi connectivity index (χ0v) is 16.4. The quantitative estimate of drug-likeness (QED) is 0.400. The van der Waals surface area contributed by atoms with E-state index in [2.05, 4.69) is 62.7 Å². The number of benzene rings is 2. The summed E-state index contributed by atoms with van der Waals surface area (Å²) < 4.78 is 0. The topological polar surface area (TPSA) is 50.7 Å². The number of aromatic nitrogens is 3. The lowest BCUT2D eigenvalue weighted by atomic mass is 10.0. The van der Waals surface area contributed by atoms with Crippen LogP contribution in [0.1, 0.15) is 17.3 Å². The molecule has 0 spiro atoms. The van der Waals surface area contributed by atoms with Crippen LogP contribution in [-0.2, 0) is 0 Å². The highest BCUT2D eigenvalue weighted by Gasteiger charge is 2.18. The van der Waals surface area contributed by atoms with E-state index in [9.17, 15) is 0 Å². The van der Waals surface area contributed by atoms with Crippen molar-refractivity contribution in [1.29, 1.82) is 0 Å². The first-order valence-corrected chi connectivity index (χ1v) is 10.2. The van der Waals surface area contributed by atoms with Crippen LogP contribution in [0.2, 0.25) is 0 Å². The Hall–Kier alpha value is -3.57. The molecule has 4 nitrogen and oxygen atoms in total. The lowest BCUT2D eigenvalue weighted by molar-refractivity contribution is 0.879. The minimum absolute atomic E-state index is 0.101. The SMILES string of the molecule is c1ccc(-c2cc3c(N[C@@H](c4ccccc4)c4ccccn4)ncnc3s2)cc1. The molecule has 0 aliphatic heterocycles. The molecule has 0 aliphatic rings. The third-order valence-electron chi connectivity index (χ3n) is 4.79. The summed E-state index contributed by atoms with van der Waals surface area (Å²) in [7, 11) is 0. The Morgan fingerprint density at radius 1 is 0.759 bits per heavy atom. The fourth-order valence-electron chi connectivity index (χ4n) is 3.37. The van der Waals surface area contributed by atoms with Crippen LogP contribution in [0, 0.1) is 0 Å². The number of rotatable bonds is 5. The molecule has 5 aromatic rings. The summed E-state index contributed by atoms with van der Waals surface area (Å²) in [6.07, 6.45) is 3.44. The van der Waals surface area contributed by atoms with E-state index in [0.29, 0.717) is 0 Å². The molecule has 2 aromatic carbocycles. The molecule has 0 aliphatic carbocycles. The van der Waals surface area contributed by atoms with Crippen molar-refractivity contribution >= 4 is 27.4 Å². The number of pyridine rings is 1. The van der Waals surface area contributed by atoms with Gasteiger partial charge >= 0.3 is 0 Å². The molecular weight excluding hydrogens is 376 g/mol. The van der Waals surface area contributed by atoms with Gasteiger partial charge < -0.3 is 5.32 Å². The molecule has 0 amide bonds. The first-order chi connectivity index (χ1) is 14.4. The van der Waals surface area contributed by atoms with Gasteiger partial charge in [0.05, 0.1) is 17.1 Å². The molecule has 0 bridgehead atoms. The van der Waals surface area contributed by atoms with Gasteiger partial charge in [0, 0.05) is 11.1 Å². The smallest absolute Gasteiger partial charge is 0.138 e. The molecular formula is C24H18N4S. The highest BCUT2D eigenvalue weighted by atomic mass is 32.1. The Kier molecular flexibility index (Phi) is 4.72. The number of hydrogen-bond acceptors (Lipinski definition) is 5. The van der Waals surface area contributed by atoms with Crippen LogP contribution in [0.3, 0.4) is 0 Å². The number of thiophene rings is 1. The third kappa shape index (κ3) is 3.60. The van der Waals surface area contributed by atoms with E-state index < -0.39 is 0 Å². The van der Waals surface area contributed by atoms with Crippen molar-refractivity contribution in [2.24, 2.45) is 0 Å². The molecule has 0 radical (unpaired) electrons. The molecule has 3 heterocycles. The summed E-state index contributed by atoms with van der Waals surface area (Å²) in [5.74, 6) is 0.813. The molecule has 140 valence electrons. The van der Waals surface area contributed by atoms with E-state index in [1.165, 1.54) is 10.4 Å². The van der Waals surface area contributed by atoms with Gasteiger partial charge in [-0.15, -0.1) is 11.3 Å².